The van der Waals surface area contributed by atoms with E-state index in [1.54, 1.807) is 4.90 Å². The normalized spacial score (nSPS) is 23.9. The number of carbonyl (C=O) groups excluding carboxylic acids is 2. The predicted molar refractivity (Wildman–Crippen MR) is 71.6 cm³/mol. The number of nitrogens with zero attached hydrogens (tertiary/aromatic N) is 3. The molecule has 1 atom stereocenters. The number of rotatable bonds is 3. The molecule has 2 heterocycles. The lowest BCUT2D eigenvalue weighted by Gasteiger charge is -2.40. The van der Waals surface area contributed by atoms with Gasteiger partial charge in [0.1, 0.15) is 12.6 Å². The molecule has 2 rings (SSSR count). The fraction of sp³-hybridized carbons (Fsp3) is 0.750. The molecule has 0 saturated carbocycles. The zero-order valence-electron chi connectivity index (χ0n) is 11.7. The van der Waals surface area contributed by atoms with Crippen LogP contribution in [0.1, 0.15) is 0 Å². The van der Waals surface area contributed by atoms with Crippen LogP contribution < -0.4 is 5.32 Å². The van der Waals surface area contributed by atoms with E-state index in [0.29, 0.717) is 32.7 Å². The summed E-state index contributed by atoms with van der Waals surface area (Å²) in [6.45, 7) is 2.52. The monoisotopic (exact) mass is 300 g/mol. The highest BCUT2D eigenvalue weighted by Gasteiger charge is 2.37. The van der Waals surface area contributed by atoms with Crippen LogP contribution in [-0.2, 0) is 9.59 Å². The molecule has 118 valence electrons. The van der Waals surface area contributed by atoms with Crippen LogP contribution in [0.4, 0.5) is 4.79 Å². The van der Waals surface area contributed by atoms with E-state index in [1.165, 1.54) is 0 Å². The number of amides is 3. The molecule has 2 aliphatic heterocycles. The van der Waals surface area contributed by atoms with E-state index in [-0.39, 0.29) is 25.6 Å². The standard InChI is InChI=1S/C12H20N4O5/c17-6-5-14-1-3-15(4-2-14)12(21)16-8-10(18)13-7-9(16)11(19)20/h9,17H,1-8H2,(H,13,18)(H,19,20). The summed E-state index contributed by atoms with van der Waals surface area (Å²) in [7, 11) is 0. The number of aliphatic hydroxyl groups excluding tert-OH is 1. The fourth-order valence-electron chi connectivity index (χ4n) is 2.55. The van der Waals surface area contributed by atoms with Crippen LogP contribution >= 0.6 is 0 Å². The minimum absolute atomic E-state index is 0.0651. The van der Waals surface area contributed by atoms with Crippen molar-refractivity contribution in [1.82, 2.24) is 20.0 Å². The van der Waals surface area contributed by atoms with Gasteiger partial charge in [0.05, 0.1) is 6.61 Å². The van der Waals surface area contributed by atoms with Gasteiger partial charge < -0.3 is 20.4 Å². The van der Waals surface area contributed by atoms with Crippen LogP contribution in [0.5, 0.6) is 0 Å². The number of urea groups is 1. The molecule has 0 aliphatic carbocycles. The van der Waals surface area contributed by atoms with E-state index in [2.05, 4.69) is 5.32 Å². The van der Waals surface area contributed by atoms with Gasteiger partial charge >= 0.3 is 12.0 Å². The van der Waals surface area contributed by atoms with Gasteiger partial charge in [0.25, 0.3) is 0 Å². The Bertz CT molecular complexity index is 422. The van der Waals surface area contributed by atoms with E-state index < -0.39 is 18.0 Å². The number of carbonyl (C=O) groups is 3. The number of carboxylic acid groups (broad SMARTS) is 1. The predicted octanol–water partition coefficient (Wildman–Crippen LogP) is -2.40. The molecule has 0 aromatic rings. The molecule has 0 aromatic heterocycles. The van der Waals surface area contributed by atoms with Crippen molar-refractivity contribution in [3.63, 3.8) is 0 Å². The van der Waals surface area contributed by atoms with Crippen molar-refractivity contribution in [3.8, 4) is 0 Å². The Morgan fingerprint density at radius 3 is 2.48 bits per heavy atom. The van der Waals surface area contributed by atoms with Gasteiger partial charge in [-0.3, -0.25) is 14.6 Å². The van der Waals surface area contributed by atoms with Gasteiger partial charge in [-0.15, -0.1) is 0 Å². The molecule has 1 unspecified atom stereocenters. The minimum Gasteiger partial charge on any atom is -0.480 e. The molecule has 2 aliphatic rings. The van der Waals surface area contributed by atoms with Crippen molar-refractivity contribution in [2.75, 3.05) is 52.4 Å². The number of hydrogen-bond acceptors (Lipinski definition) is 5. The Kier molecular flexibility index (Phi) is 4.97. The Balaban J connectivity index is 1.97. The molecule has 3 amide bonds. The number of nitrogens with one attached hydrogen (secondary N) is 1. The SMILES string of the molecule is O=C1CN(C(=O)N2CCN(CCO)CC2)C(C(=O)O)CN1. The lowest BCUT2D eigenvalue weighted by atomic mass is 10.2. The molecule has 9 heteroatoms. The second kappa shape index (κ2) is 6.72. The third kappa shape index (κ3) is 3.61. The quantitative estimate of drug-likeness (QED) is 0.535. The Labute approximate surface area is 122 Å². The van der Waals surface area contributed by atoms with Gasteiger partial charge in [-0.25, -0.2) is 9.59 Å². The van der Waals surface area contributed by atoms with Crippen molar-refractivity contribution in [3.05, 3.63) is 0 Å². The number of aliphatic carboxylic acids is 1. The maximum Gasteiger partial charge on any atom is 0.328 e. The Morgan fingerprint density at radius 1 is 1.24 bits per heavy atom. The molecule has 2 saturated heterocycles. The summed E-state index contributed by atoms with van der Waals surface area (Å²) >= 11 is 0. The van der Waals surface area contributed by atoms with Crippen LogP contribution in [0.15, 0.2) is 0 Å². The van der Waals surface area contributed by atoms with Crippen LogP contribution in [0.25, 0.3) is 0 Å². The van der Waals surface area contributed by atoms with Crippen molar-refractivity contribution < 1.29 is 24.6 Å². The molecular formula is C12H20N4O5. The van der Waals surface area contributed by atoms with E-state index in [0.717, 1.165) is 4.90 Å². The fourth-order valence-corrected chi connectivity index (χ4v) is 2.55. The van der Waals surface area contributed by atoms with Crippen molar-refractivity contribution >= 4 is 17.9 Å². The van der Waals surface area contributed by atoms with E-state index in [9.17, 15) is 14.4 Å². The van der Waals surface area contributed by atoms with Gasteiger partial charge in [-0.2, -0.15) is 0 Å². The van der Waals surface area contributed by atoms with Gasteiger partial charge in [0.2, 0.25) is 5.91 Å². The summed E-state index contributed by atoms with van der Waals surface area (Å²) in [5.41, 5.74) is 0. The number of carboxylic acids is 1. The lowest BCUT2D eigenvalue weighted by Crippen LogP contribution is -2.63. The summed E-state index contributed by atoms with van der Waals surface area (Å²) < 4.78 is 0. The first-order valence-electron chi connectivity index (χ1n) is 6.91. The zero-order chi connectivity index (χ0) is 15.4. The molecule has 3 N–H and O–H groups in total. The first-order valence-corrected chi connectivity index (χ1v) is 6.91. The molecule has 9 nitrogen and oxygen atoms in total. The summed E-state index contributed by atoms with van der Waals surface area (Å²) in [5.74, 6) is -1.47. The van der Waals surface area contributed by atoms with Gasteiger partial charge in [-0.05, 0) is 0 Å². The van der Waals surface area contributed by atoms with Gasteiger partial charge in [-0.1, -0.05) is 0 Å². The van der Waals surface area contributed by atoms with E-state index in [1.807, 2.05) is 4.90 Å². The van der Waals surface area contributed by atoms with Gasteiger partial charge in [0.15, 0.2) is 0 Å². The molecule has 0 aromatic carbocycles. The topological polar surface area (TPSA) is 113 Å². The Morgan fingerprint density at radius 2 is 1.90 bits per heavy atom. The van der Waals surface area contributed by atoms with Gasteiger partial charge in [0, 0.05) is 39.3 Å². The Hall–Kier alpha value is -1.87. The zero-order valence-corrected chi connectivity index (χ0v) is 11.7. The van der Waals surface area contributed by atoms with Crippen molar-refractivity contribution in [2.24, 2.45) is 0 Å². The molecule has 0 spiro atoms. The third-order valence-corrected chi connectivity index (χ3v) is 3.77. The maximum atomic E-state index is 12.4. The molecular weight excluding hydrogens is 280 g/mol. The van der Waals surface area contributed by atoms with Crippen LogP contribution in [-0.4, -0.2) is 101 Å². The summed E-state index contributed by atoms with van der Waals surface area (Å²) in [6, 6.07) is -1.44. The number of β-amino-alcohol motifs (C(OH)–C–C–N with tert-alkyl or cyclic N) is 1. The van der Waals surface area contributed by atoms with Crippen LogP contribution in [0, 0.1) is 0 Å². The smallest absolute Gasteiger partial charge is 0.328 e. The number of hydrogen-bond donors (Lipinski definition) is 3. The molecule has 0 bridgehead atoms. The third-order valence-electron chi connectivity index (χ3n) is 3.77. The first kappa shape index (κ1) is 15.5. The second-order valence-electron chi connectivity index (χ2n) is 5.12. The minimum atomic E-state index is -1.12. The van der Waals surface area contributed by atoms with Crippen LogP contribution in [0.3, 0.4) is 0 Å². The molecule has 0 radical (unpaired) electrons. The summed E-state index contributed by atoms with van der Waals surface area (Å²) in [5, 5.41) is 20.5. The highest BCUT2D eigenvalue weighted by atomic mass is 16.4. The summed E-state index contributed by atoms with van der Waals surface area (Å²) in [4.78, 5) is 39.7. The van der Waals surface area contributed by atoms with Crippen molar-refractivity contribution in [1.29, 1.82) is 0 Å². The van der Waals surface area contributed by atoms with E-state index in [4.69, 9.17) is 10.2 Å². The van der Waals surface area contributed by atoms with E-state index >= 15 is 0 Å². The number of piperazine rings is 2. The first-order chi connectivity index (χ1) is 10.0. The maximum absolute atomic E-state index is 12.4. The molecule has 21 heavy (non-hydrogen) atoms. The largest absolute Gasteiger partial charge is 0.480 e. The van der Waals surface area contributed by atoms with Crippen LogP contribution in [0.2, 0.25) is 0 Å². The second-order valence-corrected chi connectivity index (χ2v) is 5.12. The lowest BCUT2D eigenvalue weighted by molar-refractivity contribution is -0.144. The summed E-state index contributed by atoms with van der Waals surface area (Å²) in [6.07, 6.45) is 0. The highest BCUT2D eigenvalue weighted by molar-refractivity contribution is 5.90. The average Bonchev–Trinajstić information content (AvgIpc) is 2.47. The molecule has 2 fully saturated rings. The highest BCUT2D eigenvalue weighted by Crippen LogP contribution is 2.11. The number of aliphatic hydroxyl groups is 1. The van der Waals surface area contributed by atoms with Crippen molar-refractivity contribution in [2.45, 2.75) is 6.04 Å². The average molecular weight is 300 g/mol.